The number of nitrogens with zero attached hydrogens (tertiary/aromatic N) is 2. The van der Waals surface area contributed by atoms with E-state index in [1.165, 1.54) is 12.8 Å². The van der Waals surface area contributed by atoms with Crippen LogP contribution in [0.5, 0.6) is 5.75 Å². The predicted molar refractivity (Wildman–Crippen MR) is 88.1 cm³/mol. The summed E-state index contributed by atoms with van der Waals surface area (Å²) in [6.07, 6.45) is 5.75. The molecule has 1 fully saturated rings. The quantitative estimate of drug-likeness (QED) is 0.837. The lowest BCUT2D eigenvalue weighted by Gasteiger charge is -2.31. The predicted octanol–water partition coefficient (Wildman–Crippen LogP) is 3.08. The first-order valence-corrected chi connectivity index (χ1v) is 8.28. The molecule has 0 radical (unpaired) electrons. The summed E-state index contributed by atoms with van der Waals surface area (Å²) >= 11 is 0. The van der Waals surface area contributed by atoms with Crippen molar-refractivity contribution in [1.82, 2.24) is 10.3 Å². The third-order valence-electron chi connectivity index (χ3n) is 3.78. The number of piperidine rings is 1. The van der Waals surface area contributed by atoms with Gasteiger partial charge in [-0.25, -0.2) is 4.98 Å². The Morgan fingerprint density at radius 2 is 2.33 bits per heavy atom. The Hall–Kier alpha value is -1.29. The molecule has 1 aliphatic heterocycles. The summed E-state index contributed by atoms with van der Waals surface area (Å²) in [7, 11) is 0. The molecule has 0 saturated carbocycles. The topological polar surface area (TPSA) is 37.4 Å². The Kier molecular flexibility index (Phi) is 6.30. The molecule has 21 heavy (non-hydrogen) atoms. The normalized spacial score (nSPS) is 18.8. The van der Waals surface area contributed by atoms with Gasteiger partial charge in [-0.2, -0.15) is 0 Å². The van der Waals surface area contributed by atoms with Gasteiger partial charge < -0.3 is 15.0 Å². The summed E-state index contributed by atoms with van der Waals surface area (Å²) in [5.41, 5.74) is 0. The van der Waals surface area contributed by atoms with Gasteiger partial charge in [0.1, 0.15) is 0 Å². The van der Waals surface area contributed by atoms with E-state index in [1.54, 1.807) is 0 Å². The highest BCUT2D eigenvalue weighted by Crippen LogP contribution is 2.28. The minimum Gasteiger partial charge on any atom is -0.487 e. The van der Waals surface area contributed by atoms with Crippen LogP contribution < -0.4 is 15.0 Å². The van der Waals surface area contributed by atoms with Gasteiger partial charge in [0, 0.05) is 19.3 Å². The molecule has 2 rings (SSSR count). The summed E-state index contributed by atoms with van der Waals surface area (Å²) in [6, 6.07) is 3.98. The highest BCUT2D eigenvalue weighted by Gasteiger charge is 2.20. The van der Waals surface area contributed by atoms with E-state index < -0.39 is 0 Å². The molecule has 0 aromatic carbocycles. The van der Waals surface area contributed by atoms with E-state index in [1.807, 2.05) is 18.3 Å². The lowest BCUT2D eigenvalue weighted by Crippen LogP contribution is -2.39. The van der Waals surface area contributed by atoms with Crippen LogP contribution in [0.2, 0.25) is 0 Å². The van der Waals surface area contributed by atoms with E-state index in [9.17, 15) is 0 Å². The third kappa shape index (κ3) is 4.88. The van der Waals surface area contributed by atoms with Gasteiger partial charge >= 0.3 is 0 Å². The molecular weight excluding hydrogens is 262 g/mol. The average molecular weight is 291 g/mol. The fourth-order valence-corrected chi connectivity index (χ4v) is 2.91. The maximum Gasteiger partial charge on any atom is 0.171 e. The van der Waals surface area contributed by atoms with Crippen molar-refractivity contribution in [1.29, 1.82) is 0 Å². The van der Waals surface area contributed by atoms with Gasteiger partial charge in [0.25, 0.3) is 0 Å². The molecule has 4 heteroatoms. The first kappa shape index (κ1) is 16.1. The maximum atomic E-state index is 5.94. The molecule has 1 saturated heterocycles. The molecule has 1 unspecified atom stereocenters. The molecule has 118 valence electrons. The van der Waals surface area contributed by atoms with Crippen LogP contribution in [-0.2, 0) is 0 Å². The minimum absolute atomic E-state index is 0.174. The van der Waals surface area contributed by atoms with Crippen LogP contribution in [0.15, 0.2) is 18.3 Å². The highest BCUT2D eigenvalue weighted by molar-refractivity contribution is 5.52. The van der Waals surface area contributed by atoms with Gasteiger partial charge in [0.2, 0.25) is 0 Å². The molecule has 1 aromatic rings. The molecule has 0 amide bonds. The van der Waals surface area contributed by atoms with Crippen LogP contribution in [0.3, 0.4) is 0 Å². The van der Waals surface area contributed by atoms with Crippen LogP contribution in [-0.4, -0.2) is 37.3 Å². The van der Waals surface area contributed by atoms with E-state index in [0.717, 1.165) is 44.2 Å². The summed E-state index contributed by atoms with van der Waals surface area (Å²) in [5, 5.41) is 3.50. The molecule has 2 heterocycles. The molecule has 1 aliphatic rings. The Morgan fingerprint density at radius 1 is 1.48 bits per heavy atom. The Morgan fingerprint density at radius 3 is 3.00 bits per heavy atom. The summed E-state index contributed by atoms with van der Waals surface area (Å²) in [4.78, 5) is 6.99. The smallest absolute Gasteiger partial charge is 0.171 e. The average Bonchev–Trinajstić information content (AvgIpc) is 2.48. The zero-order chi connectivity index (χ0) is 15.1. The van der Waals surface area contributed by atoms with Gasteiger partial charge in [0.05, 0.1) is 6.10 Å². The fraction of sp³-hybridized carbons (Fsp3) is 0.706. The molecule has 1 atom stereocenters. The summed E-state index contributed by atoms with van der Waals surface area (Å²) in [6.45, 7) is 10.7. The maximum absolute atomic E-state index is 5.94. The number of pyridine rings is 1. The fourth-order valence-electron chi connectivity index (χ4n) is 2.91. The SMILES string of the molecule is CCCN(CC1CCCNC1)c1ncccc1OC(C)C. The first-order chi connectivity index (χ1) is 10.2. The molecular formula is C17H29N3O. The van der Waals surface area contributed by atoms with E-state index in [-0.39, 0.29) is 6.10 Å². The number of aromatic nitrogens is 1. The molecule has 1 aromatic heterocycles. The van der Waals surface area contributed by atoms with Gasteiger partial charge in [0.15, 0.2) is 11.6 Å². The van der Waals surface area contributed by atoms with Crippen LogP contribution in [0.1, 0.15) is 40.0 Å². The van der Waals surface area contributed by atoms with E-state index in [4.69, 9.17) is 4.74 Å². The number of hydrogen-bond donors (Lipinski definition) is 1. The van der Waals surface area contributed by atoms with Crippen molar-refractivity contribution < 1.29 is 4.74 Å². The van der Waals surface area contributed by atoms with Crippen molar-refractivity contribution >= 4 is 5.82 Å². The van der Waals surface area contributed by atoms with Crippen molar-refractivity contribution in [3.05, 3.63) is 18.3 Å². The van der Waals surface area contributed by atoms with Crippen molar-refractivity contribution in [3.8, 4) is 5.75 Å². The number of anilines is 1. The molecule has 1 N–H and O–H groups in total. The van der Waals surface area contributed by atoms with Gasteiger partial charge in [-0.05, 0) is 64.3 Å². The number of rotatable bonds is 7. The second kappa shape index (κ2) is 8.23. The monoisotopic (exact) mass is 291 g/mol. The first-order valence-electron chi connectivity index (χ1n) is 8.28. The minimum atomic E-state index is 0.174. The van der Waals surface area contributed by atoms with Crippen molar-refractivity contribution in [2.45, 2.75) is 46.1 Å². The second-order valence-corrected chi connectivity index (χ2v) is 6.15. The zero-order valence-electron chi connectivity index (χ0n) is 13.6. The Labute approximate surface area is 128 Å². The van der Waals surface area contributed by atoms with Crippen LogP contribution in [0, 0.1) is 5.92 Å². The van der Waals surface area contributed by atoms with Crippen molar-refractivity contribution in [2.24, 2.45) is 5.92 Å². The molecule has 0 bridgehead atoms. The number of nitrogens with one attached hydrogen (secondary N) is 1. The lowest BCUT2D eigenvalue weighted by atomic mass is 9.99. The zero-order valence-corrected chi connectivity index (χ0v) is 13.6. The van der Waals surface area contributed by atoms with Crippen LogP contribution >= 0.6 is 0 Å². The van der Waals surface area contributed by atoms with Crippen LogP contribution in [0.4, 0.5) is 5.82 Å². The number of ether oxygens (including phenoxy) is 1. The molecule has 0 spiro atoms. The number of hydrogen-bond acceptors (Lipinski definition) is 4. The van der Waals surface area contributed by atoms with Gasteiger partial charge in [-0.15, -0.1) is 0 Å². The standard InChI is InChI=1S/C17H29N3O/c1-4-11-20(13-15-7-5-9-18-12-15)17-16(21-14(2)3)8-6-10-19-17/h6,8,10,14-15,18H,4-5,7,9,11-13H2,1-3H3. The van der Waals surface area contributed by atoms with E-state index in [0.29, 0.717) is 5.92 Å². The molecule has 0 aliphatic carbocycles. The van der Waals surface area contributed by atoms with E-state index >= 15 is 0 Å². The second-order valence-electron chi connectivity index (χ2n) is 6.15. The molecule has 4 nitrogen and oxygen atoms in total. The van der Waals surface area contributed by atoms with Crippen LogP contribution in [0.25, 0.3) is 0 Å². The summed E-state index contributed by atoms with van der Waals surface area (Å²) in [5.74, 6) is 2.61. The third-order valence-corrected chi connectivity index (χ3v) is 3.78. The van der Waals surface area contributed by atoms with Crippen molar-refractivity contribution in [3.63, 3.8) is 0 Å². The Balaban J connectivity index is 2.12. The van der Waals surface area contributed by atoms with Gasteiger partial charge in [-0.1, -0.05) is 6.92 Å². The summed E-state index contributed by atoms with van der Waals surface area (Å²) < 4.78 is 5.94. The highest BCUT2D eigenvalue weighted by atomic mass is 16.5. The largest absolute Gasteiger partial charge is 0.487 e. The van der Waals surface area contributed by atoms with Gasteiger partial charge in [-0.3, -0.25) is 0 Å². The van der Waals surface area contributed by atoms with E-state index in [2.05, 4.69) is 36.0 Å². The lowest BCUT2D eigenvalue weighted by molar-refractivity contribution is 0.241. The Bertz CT molecular complexity index is 416. The van der Waals surface area contributed by atoms with Crippen molar-refractivity contribution in [2.75, 3.05) is 31.1 Å².